The fourth-order valence-corrected chi connectivity index (χ4v) is 2.90. The van der Waals surface area contributed by atoms with E-state index in [1.54, 1.807) is 23.2 Å². The number of carboxylic acids is 1. The lowest BCUT2D eigenvalue weighted by molar-refractivity contribution is -0.364. The molecule has 0 bridgehead atoms. The summed E-state index contributed by atoms with van der Waals surface area (Å²) in [6.07, 6.45) is 1.77. The predicted molar refractivity (Wildman–Crippen MR) is 78.8 cm³/mol. The average molecular weight is 320 g/mol. The van der Waals surface area contributed by atoms with Gasteiger partial charge in [0.15, 0.2) is 0 Å². The molecule has 1 aromatic rings. The minimum atomic E-state index is -1.16. The number of thioether (sulfide) groups is 1. The summed E-state index contributed by atoms with van der Waals surface area (Å²) in [5, 5.41) is 19.4. The van der Waals surface area contributed by atoms with Crippen molar-refractivity contribution in [2.45, 2.75) is 0 Å². The SMILES string of the molecule is N#Cc1ccc[nH+]c1N1CCN(C(=O)CSCC(=O)[O-])CC1. The van der Waals surface area contributed by atoms with Crippen molar-refractivity contribution in [3.63, 3.8) is 0 Å². The summed E-state index contributed by atoms with van der Waals surface area (Å²) < 4.78 is 0. The van der Waals surface area contributed by atoms with Gasteiger partial charge in [0.05, 0.1) is 31.0 Å². The molecule has 2 rings (SSSR count). The number of aromatic nitrogens is 1. The Morgan fingerprint density at radius 3 is 2.68 bits per heavy atom. The van der Waals surface area contributed by atoms with E-state index in [1.165, 1.54) is 0 Å². The van der Waals surface area contributed by atoms with Gasteiger partial charge in [-0.25, -0.2) is 4.98 Å². The number of aliphatic carboxylic acids is 1. The number of hydrogen-bond acceptors (Lipinski definition) is 6. The molecule has 1 aliphatic rings. The van der Waals surface area contributed by atoms with E-state index < -0.39 is 5.97 Å². The zero-order valence-electron chi connectivity index (χ0n) is 11.9. The second kappa shape index (κ2) is 7.66. The Morgan fingerprint density at radius 1 is 1.32 bits per heavy atom. The molecular formula is C14H16N4O3S. The Bertz CT molecular complexity index is 594. The lowest BCUT2D eigenvalue weighted by Crippen LogP contribution is -2.50. The fraction of sp³-hybridized carbons (Fsp3) is 0.429. The number of carbonyl (C=O) groups excluding carboxylic acids is 2. The Kier molecular flexibility index (Phi) is 5.61. The second-order valence-electron chi connectivity index (χ2n) is 4.78. The summed E-state index contributed by atoms with van der Waals surface area (Å²) in [4.78, 5) is 29.1. The van der Waals surface area contributed by atoms with Crippen molar-refractivity contribution in [2.24, 2.45) is 0 Å². The molecule has 2 heterocycles. The molecule has 1 aliphatic heterocycles. The highest BCUT2D eigenvalue weighted by molar-refractivity contribution is 8.00. The van der Waals surface area contributed by atoms with Gasteiger partial charge in [-0.15, -0.1) is 11.8 Å². The van der Waals surface area contributed by atoms with Gasteiger partial charge in [0, 0.05) is 5.75 Å². The number of piperazine rings is 1. The van der Waals surface area contributed by atoms with E-state index in [4.69, 9.17) is 5.26 Å². The quantitative estimate of drug-likeness (QED) is 0.654. The number of hydrogen-bond donors (Lipinski definition) is 0. The maximum atomic E-state index is 12.0. The first-order valence-corrected chi connectivity index (χ1v) is 7.98. The van der Waals surface area contributed by atoms with Crippen LogP contribution >= 0.6 is 11.8 Å². The molecule has 0 radical (unpaired) electrons. The smallest absolute Gasteiger partial charge is 0.292 e. The van der Waals surface area contributed by atoms with Gasteiger partial charge in [-0.05, 0) is 12.1 Å². The number of carbonyl (C=O) groups is 2. The van der Waals surface area contributed by atoms with Gasteiger partial charge in [-0.1, -0.05) is 0 Å². The molecule has 1 N–H and O–H groups in total. The molecule has 0 aromatic carbocycles. The number of nitrogens with zero attached hydrogens (tertiary/aromatic N) is 3. The van der Waals surface area contributed by atoms with Crippen molar-refractivity contribution in [1.29, 1.82) is 5.26 Å². The monoisotopic (exact) mass is 320 g/mol. The fourth-order valence-electron chi connectivity index (χ4n) is 2.27. The Morgan fingerprint density at radius 2 is 2.05 bits per heavy atom. The first-order chi connectivity index (χ1) is 10.6. The highest BCUT2D eigenvalue weighted by atomic mass is 32.2. The van der Waals surface area contributed by atoms with Crippen molar-refractivity contribution >= 4 is 29.5 Å². The highest BCUT2D eigenvalue weighted by Gasteiger charge is 2.27. The summed E-state index contributed by atoms with van der Waals surface area (Å²) in [5.41, 5.74) is 0.576. The van der Waals surface area contributed by atoms with Crippen LogP contribution in [0.5, 0.6) is 0 Å². The molecule has 0 saturated carbocycles. The Hall–Kier alpha value is -2.27. The standard InChI is InChI=1S/C14H16N4O3S/c15-8-11-2-1-3-16-14(11)18-6-4-17(5-7-18)12(19)9-22-10-13(20)21/h1-3H,4-7,9-10H2,(H,20,21). The van der Waals surface area contributed by atoms with Gasteiger partial charge >= 0.3 is 0 Å². The van der Waals surface area contributed by atoms with E-state index in [-0.39, 0.29) is 17.4 Å². The molecular weight excluding hydrogens is 304 g/mol. The molecule has 8 heteroatoms. The maximum Gasteiger partial charge on any atom is 0.292 e. The maximum absolute atomic E-state index is 12.0. The van der Waals surface area contributed by atoms with Crippen LogP contribution < -0.4 is 15.0 Å². The van der Waals surface area contributed by atoms with Gasteiger partial charge in [0.25, 0.3) is 5.82 Å². The molecule has 0 aliphatic carbocycles. The van der Waals surface area contributed by atoms with Crippen LogP contribution in [0.15, 0.2) is 18.3 Å². The van der Waals surface area contributed by atoms with Gasteiger partial charge < -0.3 is 14.8 Å². The van der Waals surface area contributed by atoms with Crippen molar-refractivity contribution < 1.29 is 19.7 Å². The van der Waals surface area contributed by atoms with Crippen LogP contribution in [0, 0.1) is 11.3 Å². The first-order valence-electron chi connectivity index (χ1n) is 6.83. The van der Waals surface area contributed by atoms with Crippen LogP contribution in [0.25, 0.3) is 0 Å². The van der Waals surface area contributed by atoms with Crippen LogP contribution in [0.2, 0.25) is 0 Å². The number of carboxylic acid groups (broad SMARTS) is 1. The largest absolute Gasteiger partial charge is 0.549 e. The molecule has 1 aromatic heterocycles. The molecule has 0 spiro atoms. The van der Waals surface area contributed by atoms with Gasteiger partial charge in [-0.3, -0.25) is 9.69 Å². The molecule has 116 valence electrons. The van der Waals surface area contributed by atoms with E-state index >= 15 is 0 Å². The predicted octanol–water partition coefficient (Wildman–Crippen LogP) is -1.50. The number of H-pyrrole nitrogens is 1. The molecule has 1 fully saturated rings. The minimum absolute atomic E-state index is 0.0663. The molecule has 22 heavy (non-hydrogen) atoms. The number of amides is 1. The van der Waals surface area contributed by atoms with E-state index in [0.717, 1.165) is 17.6 Å². The number of nitriles is 1. The van der Waals surface area contributed by atoms with Crippen LogP contribution in [0.4, 0.5) is 5.82 Å². The zero-order chi connectivity index (χ0) is 15.9. The second-order valence-corrected chi connectivity index (χ2v) is 5.76. The summed E-state index contributed by atoms with van der Waals surface area (Å²) in [6.45, 7) is 2.37. The van der Waals surface area contributed by atoms with Crippen molar-refractivity contribution in [2.75, 3.05) is 42.6 Å². The number of anilines is 1. The van der Waals surface area contributed by atoms with Crippen LogP contribution in [-0.4, -0.2) is 54.5 Å². The number of rotatable bonds is 5. The highest BCUT2D eigenvalue weighted by Crippen LogP contribution is 2.15. The van der Waals surface area contributed by atoms with Gasteiger partial charge in [-0.2, -0.15) is 5.26 Å². The van der Waals surface area contributed by atoms with E-state index in [1.807, 2.05) is 4.90 Å². The molecule has 0 unspecified atom stereocenters. The van der Waals surface area contributed by atoms with E-state index in [9.17, 15) is 14.7 Å². The number of nitrogens with one attached hydrogen (secondary N) is 1. The van der Waals surface area contributed by atoms with Crippen LogP contribution in [-0.2, 0) is 9.59 Å². The normalized spacial score (nSPS) is 14.5. The van der Waals surface area contributed by atoms with Gasteiger partial charge in [0.1, 0.15) is 24.7 Å². The third kappa shape index (κ3) is 4.11. The van der Waals surface area contributed by atoms with E-state index in [0.29, 0.717) is 31.7 Å². The van der Waals surface area contributed by atoms with Crippen molar-refractivity contribution in [3.8, 4) is 6.07 Å². The summed E-state index contributed by atoms with van der Waals surface area (Å²) in [5.74, 6) is -0.483. The van der Waals surface area contributed by atoms with Crippen molar-refractivity contribution in [1.82, 2.24) is 4.90 Å². The zero-order valence-corrected chi connectivity index (χ0v) is 12.8. The lowest BCUT2D eigenvalue weighted by atomic mass is 10.2. The number of pyridine rings is 1. The molecule has 0 atom stereocenters. The van der Waals surface area contributed by atoms with Crippen LogP contribution in [0.1, 0.15) is 5.56 Å². The third-order valence-electron chi connectivity index (χ3n) is 3.35. The minimum Gasteiger partial charge on any atom is -0.549 e. The summed E-state index contributed by atoms with van der Waals surface area (Å²) >= 11 is 1.05. The summed E-state index contributed by atoms with van der Waals surface area (Å²) in [7, 11) is 0. The summed E-state index contributed by atoms with van der Waals surface area (Å²) in [6, 6.07) is 5.67. The molecule has 1 amide bonds. The van der Waals surface area contributed by atoms with Gasteiger partial charge in [0.2, 0.25) is 5.91 Å². The first kappa shape index (κ1) is 16.1. The topological polar surface area (TPSA) is 102 Å². The molecule has 1 saturated heterocycles. The Balaban J connectivity index is 1.86. The lowest BCUT2D eigenvalue weighted by Gasteiger charge is -2.31. The number of aromatic amines is 1. The molecule has 7 nitrogen and oxygen atoms in total. The van der Waals surface area contributed by atoms with Crippen molar-refractivity contribution in [3.05, 3.63) is 23.9 Å². The van der Waals surface area contributed by atoms with E-state index in [2.05, 4.69) is 11.1 Å². The Labute approximate surface area is 132 Å². The average Bonchev–Trinajstić information content (AvgIpc) is 2.54. The van der Waals surface area contributed by atoms with Crippen LogP contribution in [0.3, 0.4) is 0 Å². The third-order valence-corrected chi connectivity index (χ3v) is 4.24.